The first-order chi connectivity index (χ1) is 5.77. The van der Waals surface area contributed by atoms with Gasteiger partial charge < -0.3 is 5.32 Å². The molecule has 0 aromatic rings. The molecule has 1 fully saturated rings. The lowest BCUT2D eigenvalue weighted by Crippen LogP contribution is -2.34. The quantitative estimate of drug-likeness (QED) is 0.605. The van der Waals surface area contributed by atoms with Crippen LogP contribution in [-0.2, 0) is 4.79 Å². The summed E-state index contributed by atoms with van der Waals surface area (Å²) in [5, 5.41) is 4.02. The molecule has 1 saturated heterocycles. The van der Waals surface area contributed by atoms with E-state index in [9.17, 15) is 4.79 Å². The molecule has 0 spiro atoms. The van der Waals surface area contributed by atoms with Crippen LogP contribution in [0.3, 0.4) is 0 Å². The number of hydrogen-bond donors (Lipinski definition) is 1. The third-order valence-corrected chi connectivity index (χ3v) is 3.46. The summed E-state index contributed by atoms with van der Waals surface area (Å²) in [6, 6.07) is 0.248. The van der Waals surface area contributed by atoms with Crippen LogP contribution in [0.25, 0.3) is 0 Å². The highest BCUT2D eigenvalue weighted by molar-refractivity contribution is 8.15. The second-order valence-electron chi connectivity index (χ2n) is 3.19. The van der Waals surface area contributed by atoms with Crippen molar-refractivity contribution in [1.29, 1.82) is 0 Å². The van der Waals surface area contributed by atoms with E-state index in [0.717, 1.165) is 24.4 Å². The maximum atomic E-state index is 11.4. The van der Waals surface area contributed by atoms with Crippen LogP contribution in [-0.4, -0.2) is 28.8 Å². The zero-order valence-corrected chi connectivity index (χ0v) is 7.86. The molecule has 0 radical (unpaired) electrons. The van der Waals surface area contributed by atoms with Gasteiger partial charge in [-0.15, -0.1) is 0 Å². The maximum Gasteiger partial charge on any atom is 0.235 e. The zero-order valence-electron chi connectivity index (χ0n) is 7.04. The van der Waals surface area contributed by atoms with Gasteiger partial charge >= 0.3 is 0 Å². The van der Waals surface area contributed by atoms with Gasteiger partial charge in [-0.1, -0.05) is 11.8 Å². The number of amides is 1. The summed E-state index contributed by atoms with van der Waals surface area (Å²) in [7, 11) is 0. The molecule has 4 heteroatoms. The van der Waals surface area contributed by atoms with E-state index in [0.29, 0.717) is 0 Å². The van der Waals surface area contributed by atoms with Gasteiger partial charge in [0.1, 0.15) is 5.25 Å². The summed E-state index contributed by atoms with van der Waals surface area (Å²) in [5.41, 5.74) is 0. The van der Waals surface area contributed by atoms with Crippen molar-refractivity contribution in [2.75, 3.05) is 6.54 Å². The fourth-order valence-electron chi connectivity index (χ4n) is 1.66. The lowest BCUT2D eigenvalue weighted by Gasteiger charge is -2.10. The molecule has 0 aromatic carbocycles. The summed E-state index contributed by atoms with van der Waals surface area (Å²) < 4.78 is 0. The molecule has 3 nitrogen and oxygen atoms in total. The lowest BCUT2D eigenvalue weighted by molar-refractivity contribution is -0.120. The predicted octanol–water partition coefficient (Wildman–Crippen LogP) is 0.799. The molecule has 2 aliphatic rings. The van der Waals surface area contributed by atoms with E-state index in [1.54, 1.807) is 11.8 Å². The summed E-state index contributed by atoms with van der Waals surface area (Å²) in [6.45, 7) is 2.80. The van der Waals surface area contributed by atoms with E-state index >= 15 is 0 Å². The van der Waals surface area contributed by atoms with Crippen molar-refractivity contribution in [2.24, 2.45) is 4.99 Å². The topological polar surface area (TPSA) is 41.5 Å². The second kappa shape index (κ2) is 3.09. The molecular weight excluding hydrogens is 172 g/mol. The summed E-state index contributed by atoms with van der Waals surface area (Å²) in [6.07, 6.45) is 2.11. The minimum Gasteiger partial charge on any atom is -0.355 e. The number of hydrogen-bond acceptors (Lipinski definition) is 3. The maximum absolute atomic E-state index is 11.4. The van der Waals surface area contributed by atoms with Gasteiger partial charge in [-0.2, -0.15) is 0 Å². The minimum atomic E-state index is 0.0625. The molecule has 1 amide bonds. The van der Waals surface area contributed by atoms with Gasteiger partial charge in [0.2, 0.25) is 5.91 Å². The van der Waals surface area contributed by atoms with Crippen molar-refractivity contribution in [3.05, 3.63) is 0 Å². The summed E-state index contributed by atoms with van der Waals surface area (Å²) in [4.78, 5) is 15.9. The summed E-state index contributed by atoms with van der Waals surface area (Å²) >= 11 is 1.61. The molecule has 0 aliphatic carbocycles. The number of aliphatic imine (C=N–C) groups is 1. The van der Waals surface area contributed by atoms with Crippen molar-refractivity contribution in [3.63, 3.8) is 0 Å². The van der Waals surface area contributed by atoms with Crippen molar-refractivity contribution in [3.8, 4) is 0 Å². The highest BCUT2D eigenvalue weighted by atomic mass is 32.2. The highest BCUT2D eigenvalue weighted by Gasteiger charge is 2.35. The Morgan fingerprint density at radius 3 is 3.33 bits per heavy atom. The van der Waals surface area contributed by atoms with E-state index in [1.165, 1.54) is 0 Å². The first-order valence-electron chi connectivity index (χ1n) is 4.26. The Balaban J connectivity index is 2.16. The van der Waals surface area contributed by atoms with Crippen LogP contribution in [0.2, 0.25) is 0 Å². The van der Waals surface area contributed by atoms with Gasteiger partial charge in [-0.05, 0) is 19.8 Å². The molecule has 2 atom stereocenters. The number of carbonyl (C=O) groups is 1. The normalized spacial score (nSPS) is 35.1. The number of nitrogens with zero attached hydrogens (tertiary/aromatic N) is 1. The van der Waals surface area contributed by atoms with E-state index in [4.69, 9.17) is 0 Å². The Bertz CT molecular complexity index is 239. The third-order valence-electron chi connectivity index (χ3n) is 2.23. The van der Waals surface area contributed by atoms with E-state index in [-0.39, 0.29) is 17.2 Å². The highest BCUT2D eigenvalue weighted by Crippen LogP contribution is 2.30. The minimum absolute atomic E-state index is 0.0625. The molecular formula is C8H12N2OS. The Kier molecular flexibility index (Phi) is 2.09. The summed E-state index contributed by atoms with van der Waals surface area (Å²) in [5.74, 6) is 0.170. The Hall–Kier alpha value is -0.510. The smallest absolute Gasteiger partial charge is 0.235 e. The SMILES string of the molecule is CC1=NC2CCCNC(=O)C2S1. The van der Waals surface area contributed by atoms with Crippen LogP contribution in [0, 0.1) is 0 Å². The molecule has 66 valence electrons. The van der Waals surface area contributed by atoms with Gasteiger partial charge in [0.05, 0.1) is 11.1 Å². The fraction of sp³-hybridized carbons (Fsp3) is 0.750. The Labute approximate surface area is 76.0 Å². The van der Waals surface area contributed by atoms with Crippen LogP contribution in [0.4, 0.5) is 0 Å². The average Bonchev–Trinajstić information content (AvgIpc) is 2.33. The van der Waals surface area contributed by atoms with Gasteiger partial charge in [-0.25, -0.2) is 0 Å². The van der Waals surface area contributed by atoms with Gasteiger partial charge in [0.25, 0.3) is 0 Å². The van der Waals surface area contributed by atoms with Crippen molar-refractivity contribution in [1.82, 2.24) is 5.32 Å². The molecule has 2 unspecified atom stereocenters. The van der Waals surface area contributed by atoms with Gasteiger partial charge in [-0.3, -0.25) is 9.79 Å². The number of carbonyl (C=O) groups excluding carboxylic acids is 1. The van der Waals surface area contributed by atoms with Crippen molar-refractivity contribution >= 4 is 22.7 Å². The monoisotopic (exact) mass is 184 g/mol. The molecule has 0 saturated carbocycles. The van der Waals surface area contributed by atoms with E-state index in [2.05, 4.69) is 10.3 Å². The van der Waals surface area contributed by atoms with Gasteiger partial charge in [0.15, 0.2) is 0 Å². The number of rotatable bonds is 0. The fourth-order valence-corrected chi connectivity index (χ4v) is 2.77. The lowest BCUT2D eigenvalue weighted by atomic mass is 10.1. The van der Waals surface area contributed by atoms with Crippen LogP contribution in [0.5, 0.6) is 0 Å². The molecule has 2 rings (SSSR count). The largest absolute Gasteiger partial charge is 0.355 e. The number of thioether (sulfide) groups is 1. The number of fused-ring (bicyclic) bond motifs is 1. The number of nitrogens with one attached hydrogen (secondary N) is 1. The first-order valence-corrected chi connectivity index (χ1v) is 5.14. The van der Waals surface area contributed by atoms with Crippen LogP contribution < -0.4 is 5.32 Å². The van der Waals surface area contributed by atoms with E-state index < -0.39 is 0 Å². The third kappa shape index (κ3) is 1.35. The van der Waals surface area contributed by atoms with E-state index in [1.807, 2.05) is 6.92 Å². The zero-order chi connectivity index (χ0) is 8.55. The van der Waals surface area contributed by atoms with Crippen LogP contribution >= 0.6 is 11.8 Å². The molecule has 12 heavy (non-hydrogen) atoms. The molecule has 2 heterocycles. The molecule has 0 bridgehead atoms. The van der Waals surface area contributed by atoms with Crippen molar-refractivity contribution in [2.45, 2.75) is 31.1 Å². The van der Waals surface area contributed by atoms with Crippen molar-refractivity contribution < 1.29 is 4.79 Å². The molecule has 0 aromatic heterocycles. The standard InChI is InChI=1S/C8H12N2OS/c1-5-10-6-3-2-4-9-8(11)7(6)12-5/h6-7H,2-4H2,1H3,(H,9,11). The first kappa shape index (κ1) is 8.10. The Morgan fingerprint density at radius 1 is 1.67 bits per heavy atom. The van der Waals surface area contributed by atoms with Crippen LogP contribution in [0.15, 0.2) is 4.99 Å². The average molecular weight is 184 g/mol. The Morgan fingerprint density at radius 2 is 2.50 bits per heavy atom. The van der Waals surface area contributed by atoms with Gasteiger partial charge in [0, 0.05) is 6.54 Å². The molecule has 1 N–H and O–H groups in total. The van der Waals surface area contributed by atoms with Crippen LogP contribution in [0.1, 0.15) is 19.8 Å². The molecule has 2 aliphatic heterocycles. The predicted molar refractivity (Wildman–Crippen MR) is 50.5 cm³/mol. The second-order valence-corrected chi connectivity index (χ2v) is 4.52.